The van der Waals surface area contributed by atoms with Crippen molar-refractivity contribution in [2.75, 3.05) is 19.4 Å². The number of aromatic nitrogens is 2. The van der Waals surface area contributed by atoms with E-state index in [0.717, 1.165) is 11.1 Å². The number of carbonyl (C=O) groups is 1. The highest BCUT2D eigenvalue weighted by Gasteiger charge is 2.09. The molecule has 0 bridgehead atoms. The Labute approximate surface area is 221 Å². The monoisotopic (exact) mass is 530 g/mol. The Morgan fingerprint density at radius 3 is 2.29 bits per heavy atom. The van der Waals surface area contributed by atoms with Crippen LogP contribution in [0.3, 0.4) is 0 Å². The first kappa shape index (κ1) is 26.4. The summed E-state index contributed by atoms with van der Waals surface area (Å²) in [5, 5.41) is 11.7. The van der Waals surface area contributed by atoms with Crippen LogP contribution in [-0.4, -0.2) is 43.4 Å². The van der Waals surface area contributed by atoms with Gasteiger partial charge in [0.15, 0.2) is 9.84 Å². The van der Waals surface area contributed by atoms with E-state index in [9.17, 15) is 13.2 Å². The van der Waals surface area contributed by atoms with E-state index in [-0.39, 0.29) is 10.9 Å². The molecule has 3 aromatic carbocycles. The van der Waals surface area contributed by atoms with Crippen LogP contribution in [-0.2, 0) is 16.4 Å². The minimum atomic E-state index is -3.23. The third kappa shape index (κ3) is 7.21. The number of amides is 1. The maximum absolute atomic E-state index is 12.4. The molecule has 0 spiro atoms. The van der Waals surface area contributed by atoms with Crippen molar-refractivity contribution in [3.8, 4) is 28.8 Å². The number of hydrogen-bond acceptors (Lipinski definition) is 7. The number of nitrogens with zero attached hydrogens (tertiary/aromatic N) is 3. The molecule has 0 aliphatic heterocycles. The van der Waals surface area contributed by atoms with Gasteiger partial charge in [0.05, 0.1) is 28.8 Å². The maximum atomic E-state index is 12.4. The third-order valence-electron chi connectivity index (χ3n) is 5.57. The van der Waals surface area contributed by atoms with E-state index < -0.39 is 9.84 Å². The lowest BCUT2D eigenvalue weighted by Gasteiger charge is -2.08. The van der Waals surface area contributed by atoms with Crippen LogP contribution in [0, 0.1) is 11.3 Å². The summed E-state index contributed by atoms with van der Waals surface area (Å²) in [6.07, 6.45) is 4.91. The molecule has 0 saturated carbocycles. The van der Waals surface area contributed by atoms with Crippen LogP contribution in [0.15, 0.2) is 90.2 Å². The molecular formula is C28H26N4O5S. The van der Waals surface area contributed by atoms with Crippen LogP contribution in [0.1, 0.15) is 17.5 Å². The van der Waals surface area contributed by atoms with Crippen LogP contribution in [0.5, 0.6) is 11.5 Å². The number of benzene rings is 3. The highest BCUT2D eigenvalue weighted by Crippen LogP contribution is 2.22. The molecule has 0 aliphatic carbocycles. The zero-order valence-corrected chi connectivity index (χ0v) is 21.5. The van der Waals surface area contributed by atoms with Crippen LogP contribution in [0.25, 0.3) is 11.3 Å². The molecule has 194 valence electrons. The molecule has 4 aromatic rings. The summed E-state index contributed by atoms with van der Waals surface area (Å²) in [6, 6.07) is 22.6. The Bertz CT molecular complexity index is 1520. The number of ether oxygens (including phenoxy) is 2. The van der Waals surface area contributed by atoms with E-state index in [4.69, 9.17) is 14.7 Å². The largest absolute Gasteiger partial charge is 0.494 e. The van der Waals surface area contributed by atoms with Crippen LogP contribution in [0.2, 0.25) is 0 Å². The summed E-state index contributed by atoms with van der Waals surface area (Å²) in [7, 11) is -3.23. The molecule has 0 atom stereocenters. The summed E-state index contributed by atoms with van der Waals surface area (Å²) in [6.45, 7) is 1.17. The van der Waals surface area contributed by atoms with Gasteiger partial charge in [-0.1, -0.05) is 12.1 Å². The van der Waals surface area contributed by atoms with Crippen molar-refractivity contribution < 1.29 is 22.7 Å². The van der Waals surface area contributed by atoms with Crippen LogP contribution < -0.4 is 14.8 Å². The Kier molecular flexibility index (Phi) is 8.40. The molecule has 0 fully saturated rings. The average molecular weight is 531 g/mol. The van der Waals surface area contributed by atoms with Gasteiger partial charge in [-0.25, -0.2) is 18.2 Å². The molecule has 1 aromatic heterocycles. The fraction of sp³-hybridized carbons (Fsp3) is 0.179. The molecule has 1 N–H and O–H groups in total. The second-order valence-electron chi connectivity index (χ2n) is 8.47. The van der Waals surface area contributed by atoms with E-state index in [1.54, 1.807) is 54.7 Å². The molecule has 9 nitrogen and oxygen atoms in total. The Balaban J connectivity index is 1.22. The van der Waals surface area contributed by atoms with Crippen molar-refractivity contribution >= 4 is 15.9 Å². The molecule has 4 rings (SSSR count). The van der Waals surface area contributed by atoms with Crippen LogP contribution >= 0.6 is 0 Å². The number of imidazole rings is 1. The molecule has 0 radical (unpaired) electrons. The number of rotatable bonds is 10. The van der Waals surface area contributed by atoms with Gasteiger partial charge in [0.25, 0.3) is 0 Å². The van der Waals surface area contributed by atoms with Gasteiger partial charge in [-0.2, -0.15) is 5.26 Å². The van der Waals surface area contributed by atoms with Crippen molar-refractivity contribution in [3.63, 3.8) is 0 Å². The van der Waals surface area contributed by atoms with E-state index in [1.807, 2.05) is 24.3 Å². The van der Waals surface area contributed by atoms with Gasteiger partial charge in [-0.15, -0.1) is 0 Å². The standard InChI is InChI=1S/C28H26N4O5S/c1-38(34,35)26-13-5-22(6-14-26)19-37-25-11-7-23(8-12-25)27-18-32(20-31-27)28(33)30-15-2-16-36-24-9-3-21(17-29)4-10-24/h3-14,18,20H,2,15-16,19H2,1H3,(H,30,33). The predicted molar refractivity (Wildman–Crippen MR) is 142 cm³/mol. The maximum Gasteiger partial charge on any atom is 0.326 e. The van der Waals surface area contributed by atoms with Gasteiger partial charge >= 0.3 is 6.03 Å². The quantitative estimate of drug-likeness (QED) is 0.301. The number of nitrogens with one attached hydrogen (secondary N) is 1. The summed E-state index contributed by atoms with van der Waals surface area (Å²) < 4.78 is 35.9. The van der Waals surface area contributed by atoms with Crippen molar-refractivity contribution in [1.29, 1.82) is 5.26 Å². The lowest BCUT2D eigenvalue weighted by Crippen LogP contribution is -2.29. The molecule has 0 unspecified atom stereocenters. The first-order valence-corrected chi connectivity index (χ1v) is 13.7. The van der Waals surface area contributed by atoms with Gasteiger partial charge in [0, 0.05) is 24.6 Å². The van der Waals surface area contributed by atoms with Crippen LogP contribution in [0.4, 0.5) is 4.79 Å². The molecule has 0 aliphatic rings. The molecule has 0 saturated heterocycles. The second kappa shape index (κ2) is 12.1. The zero-order valence-electron chi connectivity index (χ0n) is 20.7. The number of hydrogen-bond donors (Lipinski definition) is 1. The summed E-state index contributed by atoms with van der Waals surface area (Å²) >= 11 is 0. The Hall–Kier alpha value is -4.62. The van der Waals surface area contributed by atoms with Gasteiger partial charge in [0.1, 0.15) is 24.4 Å². The van der Waals surface area contributed by atoms with Crippen molar-refractivity contribution in [2.45, 2.75) is 17.9 Å². The van der Waals surface area contributed by atoms with Gasteiger partial charge in [-0.3, -0.25) is 4.57 Å². The van der Waals surface area contributed by atoms with Gasteiger partial charge in [-0.05, 0) is 72.6 Å². The fourth-order valence-corrected chi connectivity index (χ4v) is 4.11. The minimum absolute atomic E-state index is 0.271. The van der Waals surface area contributed by atoms with E-state index >= 15 is 0 Å². The summed E-state index contributed by atoms with van der Waals surface area (Å²) in [4.78, 5) is 17.0. The average Bonchev–Trinajstić information content (AvgIpc) is 3.43. The predicted octanol–water partition coefficient (Wildman–Crippen LogP) is 4.43. The smallest absolute Gasteiger partial charge is 0.326 e. The summed E-state index contributed by atoms with van der Waals surface area (Å²) in [5.74, 6) is 1.33. The van der Waals surface area contributed by atoms with Crippen molar-refractivity contribution in [1.82, 2.24) is 14.9 Å². The van der Waals surface area contributed by atoms with Crippen molar-refractivity contribution in [3.05, 3.63) is 96.4 Å². The van der Waals surface area contributed by atoms with Gasteiger partial charge in [0.2, 0.25) is 0 Å². The highest BCUT2D eigenvalue weighted by atomic mass is 32.2. The third-order valence-corrected chi connectivity index (χ3v) is 6.70. The lowest BCUT2D eigenvalue weighted by atomic mass is 10.1. The topological polar surface area (TPSA) is 123 Å². The van der Waals surface area contributed by atoms with E-state index in [1.165, 1.54) is 17.2 Å². The molecular weight excluding hydrogens is 504 g/mol. The molecule has 38 heavy (non-hydrogen) atoms. The highest BCUT2D eigenvalue weighted by molar-refractivity contribution is 7.90. The molecule has 10 heteroatoms. The molecule has 1 amide bonds. The lowest BCUT2D eigenvalue weighted by molar-refractivity contribution is 0.240. The second-order valence-corrected chi connectivity index (χ2v) is 10.5. The summed E-state index contributed by atoms with van der Waals surface area (Å²) in [5.41, 5.74) is 2.90. The Morgan fingerprint density at radius 2 is 1.63 bits per heavy atom. The normalized spacial score (nSPS) is 10.9. The first-order valence-electron chi connectivity index (χ1n) is 11.8. The zero-order chi connectivity index (χ0) is 27.0. The number of nitriles is 1. The van der Waals surface area contributed by atoms with E-state index in [0.29, 0.717) is 48.9 Å². The number of carbonyl (C=O) groups excluding carboxylic acids is 1. The van der Waals surface area contributed by atoms with E-state index in [2.05, 4.69) is 16.4 Å². The van der Waals surface area contributed by atoms with Gasteiger partial charge < -0.3 is 14.8 Å². The first-order chi connectivity index (χ1) is 18.3. The fourth-order valence-electron chi connectivity index (χ4n) is 3.48. The SMILES string of the molecule is CS(=O)(=O)c1ccc(COc2ccc(-c3cn(C(=O)NCCCOc4ccc(C#N)cc4)cn3)cc2)cc1. The number of sulfone groups is 1. The molecule has 1 heterocycles. The van der Waals surface area contributed by atoms with Crippen molar-refractivity contribution in [2.24, 2.45) is 0 Å². The Morgan fingerprint density at radius 1 is 0.974 bits per heavy atom. The minimum Gasteiger partial charge on any atom is -0.494 e.